The first kappa shape index (κ1) is 28.3. The summed E-state index contributed by atoms with van der Waals surface area (Å²) in [4.78, 5) is 59.3. The second kappa shape index (κ2) is 10.8. The smallest absolute Gasteiger partial charge is 0.333 e. The minimum absolute atomic E-state index is 0.0521. The number of aliphatic imine (C=N–C) groups is 2. The molecule has 0 aliphatic carbocycles. The van der Waals surface area contributed by atoms with E-state index < -0.39 is 34.3 Å². The van der Waals surface area contributed by atoms with Crippen LogP contribution >= 0.6 is 0 Å². The van der Waals surface area contributed by atoms with Gasteiger partial charge < -0.3 is 10.2 Å². The van der Waals surface area contributed by atoms with Crippen molar-refractivity contribution in [3.05, 3.63) is 87.5 Å². The number of aromatic nitrogens is 4. The molecule has 12 heteroatoms. The highest BCUT2D eigenvalue weighted by molar-refractivity contribution is 6.52. The molecule has 0 bridgehead atoms. The standard InChI is InChI=1S/C28H32N6O6/c1-7-9-15-11-21(29-19(15)13-17-23(35)31(3)27(39)32(4)24(17)36)22-12-16(10-8-2)20(30-22)14-18-25(37)33(5)28(40)34(6)26(18)38/h11-14,35,37H,7-10H2,1-6H3/b19-13-,20-14-. The van der Waals surface area contributed by atoms with E-state index in [-0.39, 0.29) is 11.1 Å². The molecule has 2 aromatic heterocycles. The van der Waals surface area contributed by atoms with Gasteiger partial charge in [-0.3, -0.25) is 27.9 Å². The summed E-state index contributed by atoms with van der Waals surface area (Å²) in [6.45, 7) is 4.01. The Hall–Kier alpha value is -4.74. The molecule has 2 N–H and O–H groups in total. The molecule has 2 aliphatic rings. The van der Waals surface area contributed by atoms with Gasteiger partial charge in [0.05, 0.1) is 22.8 Å². The van der Waals surface area contributed by atoms with Crippen LogP contribution in [-0.4, -0.2) is 39.9 Å². The van der Waals surface area contributed by atoms with Crippen LogP contribution in [0.3, 0.4) is 0 Å². The van der Waals surface area contributed by atoms with Crippen LogP contribution in [-0.2, 0) is 28.2 Å². The Kier molecular flexibility index (Phi) is 7.63. The molecular weight excluding hydrogens is 516 g/mol. The van der Waals surface area contributed by atoms with Gasteiger partial charge in [-0.15, -0.1) is 0 Å². The van der Waals surface area contributed by atoms with Crippen molar-refractivity contribution < 1.29 is 10.2 Å². The minimum Gasteiger partial charge on any atom is -0.494 e. The maximum atomic E-state index is 12.8. The fourth-order valence-electron chi connectivity index (χ4n) is 4.64. The third-order valence-electron chi connectivity index (χ3n) is 6.96. The van der Waals surface area contributed by atoms with Crippen molar-refractivity contribution in [3.63, 3.8) is 0 Å². The predicted octanol–water partition coefficient (Wildman–Crippen LogP) is 1.64. The van der Waals surface area contributed by atoms with Crippen LogP contribution in [0.15, 0.2) is 63.9 Å². The molecule has 0 spiro atoms. The molecule has 0 saturated carbocycles. The highest BCUT2D eigenvalue weighted by Crippen LogP contribution is 2.31. The summed E-state index contributed by atoms with van der Waals surface area (Å²) in [6, 6.07) is 0. The molecule has 40 heavy (non-hydrogen) atoms. The van der Waals surface area contributed by atoms with Gasteiger partial charge in [0, 0.05) is 28.2 Å². The van der Waals surface area contributed by atoms with E-state index >= 15 is 0 Å². The first-order chi connectivity index (χ1) is 18.9. The van der Waals surface area contributed by atoms with Crippen LogP contribution in [0.25, 0.3) is 12.2 Å². The molecule has 210 valence electrons. The lowest BCUT2D eigenvalue weighted by Crippen LogP contribution is -2.38. The first-order valence-corrected chi connectivity index (χ1v) is 12.9. The van der Waals surface area contributed by atoms with E-state index in [9.17, 15) is 29.4 Å². The maximum absolute atomic E-state index is 12.8. The number of rotatable bonds is 7. The van der Waals surface area contributed by atoms with Crippen LogP contribution in [0, 0.1) is 0 Å². The molecule has 0 aromatic carbocycles. The summed E-state index contributed by atoms with van der Waals surface area (Å²) in [5.74, 6) is -0.903. The van der Waals surface area contributed by atoms with Crippen LogP contribution in [0.1, 0.15) is 50.7 Å². The Bertz CT molecular complexity index is 1720. The normalized spacial score (nSPS) is 16.9. The summed E-state index contributed by atoms with van der Waals surface area (Å²) in [5, 5.41) is 21.1. The molecule has 2 aromatic rings. The predicted molar refractivity (Wildman–Crippen MR) is 154 cm³/mol. The minimum atomic E-state index is -0.642. The van der Waals surface area contributed by atoms with E-state index in [0.717, 1.165) is 42.3 Å². The first-order valence-electron chi connectivity index (χ1n) is 12.9. The largest absolute Gasteiger partial charge is 0.494 e. The topological polar surface area (TPSA) is 153 Å². The second-order valence-corrected chi connectivity index (χ2v) is 9.78. The summed E-state index contributed by atoms with van der Waals surface area (Å²) in [6.07, 6.45) is 9.57. The van der Waals surface area contributed by atoms with Crippen LogP contribution in [0.2, 0.25) is 0 Å². The number of hydrogen-bond donors (Lipinski definition) is 2. The Morgan fingerprint density at radius 1 is 0.650 bits per heavy atom. The summed E-state index contributed by atoms with van der Waals surface area (Å²) < 4.78 is 3.83. The lowest BCUT2D eigenvalue weighted by atomic mass is 10.0. The Morgan fingerprint density at radius 3 is 1.32 bits per heavy atom. The third-order valence-corrected chi connectivity index (χ3v) is 6.96. The fourth-order valence-corrected chi connectivity index (χ4v) is 4.64. The number of hydrogen-bond acceptors (Lipinski definition) is 8. The zero-order valence-electron chi connectivity index (χ0n) is 23.3. The Morgan fingerprint density at radius 2 is 1.00 bits per heavy atom. The second-order valence-electron chi connectivity index (χ2n) is 9.78. The van der Waals surface area contributed by atoms with Crippen molar-refractivity contribution >= 4 is 23.6 Å². The molecule has 4 rings (SSSR count). The zero-order valence-corrected chi connectivity index (χ0v) is 23.3. The van der Waals surface area contributed by atoms with Crippen molar-refractivity contribution in [3.8, 4) is 11.8 Å². The molecule has 0 radical (unpaired) electrons. The Labute approximate surface area is 229 Å². The summed E-state index contributed by atoms with van der Waals surface area (Å²) >= 11 is 0. The average Bonchev–Trinajstić information content (AvgIpc) is 3.53. The molecule has 4 heterocycles. The maximum Gasteiger partial charge on any atom is 0.333 e. The van der Waals surface area contributed by atoms with E-state index in [2.05, 4.69) is 0 Å². The van der Waals surface area contributed by atoms with Gasteiger partial charge >= 0.3 is 11.4 Å². The monoisotopic (exact) mass is 548 g/mol. The fraction of sp³-hybridized carbons (Fsp3) is 0.357. The van der Waals surface area contributed by atoms with Gasteiger partial charge in [0.25, 0.3) is 11.1 Å². The molecule has 12 nitrogen and oxygen atoms in total. The van der Waals surface area contributed by atoms with Crippen molar-refractivity contribution in [1.29, 1.82) is 0 Å². The third kappa shape index (κ3) is 4.76. The van der Waals surface area contributed by atoms with Gasteiger partial charge in [0.15, 0.2) is 0 Å². The molecule has 0 atom stereocenters. The van der Waals surface area contributed by atoms with Gasteiger partial charge in [-0.25, -0.2) is 19.6 Å². The molecule has 2 aliphatic heterocycles. The lowest BCUT2D eigenvalue weighted by Gasteiger charge is -2.08. The highest BCUT2D eigenvalue weighted by atomic mass is 16.3. The lowest BCUT2D eigenvalue weighted by molar-refractivity contribution is 0.409. The van der Waals surface area contributed by atoms with E-state index in [4.69, 9.17) is 9.98 Å². The van der Waals surface area contributed by atoms with Crippen LogP contribution < -0.4 is 22.5 Å². The molecule has 0 saturated heterocycles. The molecular formula is C28H32N6O6. The van der Waals surface area contributed by atoms with E-state index in [1.165, 1.54) is 40.3 Å². The molecule has 0 amide bonds. The van der Waals surface area contributed by atoms with Crippen molar-refractivity contribution in [1.82, 2.24) is 18.3 Å². The van der Waals surface area contributed by atoms with Gasteiger partial charge in [-0.1, -0.05) is 26.7 Å². The van der Waals surface area contributed by atoms with Crippen LogP contribution in [0.4, 0.5) is 0 Å². The van der Waals surface area contributed by atoms with Crippen molar-refractivity contribution in [2.24, 2.45) is 38.2 Å². The number of aromatic hydroxyl groups is 2. The van der Waals surface area contributed by atoms with E-state index in [1.807, 2.05) is 26.0 Å². The summed E-state index contributed by atoms with van der Waals surface area (Å²) in [5.41, 5.74) is 1.01. The van der Waals surface area contributed by atoms with Gasteiger partial charge in [0.2, 0.25) is 11.8 Å². The van der Waals surface area contributed by atoms with Crippen molar-refractivity contribution in [2.45, 2.75) is 39.5 Å². The van der Waals surface area contributed by atoms with Gasteiger partial charge in [0.1, 0.15) is 11.1 Å². The van der Waals surface area contributed by atoms with Crippen molar-refractivity contribution in [2.75, 3.05) is 0 Å². The van der Waals surface area contributed by atoms with Crippen LogP contribution in [0.5, 0.6) is 11.8 Å². The average molecular weight is 549 g/mol. The molecule has 0 fully saturated rings. The SMILES string of the molecule is CCCC1=CC(C2=N/C(=C\c3c(O)n(C)c(=O)n(C)c3=O)C(CCC)=C2)=N/C1=C\c1c(O)n(C)c(=O)n(C)c1=O. The number of allylic oxidation sites excluding steroid dienone is 4. The highest BCUT2D eigenvalue weighted by Gasteiger charge is 2.24. The van der Waals surface area contributed by atoms with Gasteiger partial charge in [-0.2, -0.15) is 0 Å². The van der Waals surface area contributed by atoms with E-state index in [0.29, 0.717) is 35.7 Å². The molecule has 0 unspecified atom stereocenters. The Balaban J connectivity index is 1.86. The zero-order chi connectivity index (χ0) is 29.5. The number of nitrogens with zero attached hydrogens (tertiary/aromatic N) is 6. The summed E-state index contributed by atoms with van der Waals surface area (Å²) in [7, 11) is 5.44. The quantitative estimate of drug-likeness (QED) is 0.536. The van der Waals surface area contributed by atoms with E-state index in [1.54, 1.807) is 0 Å². The van der Waals surface area contributed by atoms with Gasteiger partial charge in [-0.05, 0) is 48.3 Å².